The van der Waals surface area contributed by atoms with Crippen molar-refractivity contribution in [2.24, 2.45) is 5.92 Å². The molecule has 1 aromatic rings. The summed E-state index contributed by atoms with van der Waals surface area (Å²) in [6.45, 7) is 11.0. The molecule has 0 amide bonds. The molecule has 1 aliphatic heterocycles. The van der Waals surface area contributed by atoms with E-state index < -0.39 is 0 Å². The molecular formula is C22H36N2O3. The van der Waals surface area contributed by atoms with Crippen LogP contribution in [0.15, 0.2) is 29.8 Å². The first-order chi connectivity index (χ1) is 13.1. The third kappa shape index (κ3) is 7.91. The van der Waals surface area contributed by atoms with Gasteiger partial charge in [-0.05, 0) is 69.5 Å². The SMILES string of the molecule is COCCCN1CCC(CNCc2ccc(OCC=C(C)C)c(OC)c2)C1. The van der Waals surface area contributed by atoms with Crippen LogP contribution in [0.1, 0.15) is 32.3 Å². The topological polar surface area (TPSA) is 43.0 Å². The lowest BCUT2D eigenvalue weighted by Gasteiger charge is -2.16. The molecule has 1 unspecified atom stereocenters. The second-order valence-corrected chi connectivity index (χ2v) is 7.51. The molecule has 1 aromatic carbocycles. The van der Waals surface area contributed by atoms with Gasteiger partial charge in [0.1, 0.15) is 6.61 Å². The fourth-order valence-corrected chi connectivity index (χ4v) is 3.38. The van der Waals surface area contributed by atoms with Crippen molar-refractivity contribution < 1.29 is 14.2 Å². The van der Waals surface area contributed by atoms with Crippen molar-refractivity contribution in [3.8, 4) is 11.5 Å². The molecule has 0 spiro atoms. The standard InChI is InChI=1S/C22H36N2O3/c1-18(2)9-13-27-21-7-6-19(14-22(21)26-4)15-23-16-20-8-11-24(17-20)10-5-12-25-3/h6-7,9,14,20,23H,5,8,10-13,15-17H2,1-4H3. The molecule has 2 rings (SSSR count). The van der Waals surface area contributed by atoms with Crippen LogP contribution in [0.2, 0.25) is 0 Å². The number of hydrogen-bond acceptors (Lipinski definition) is 5. The van der Waals surface area contributed by atoms with Crippen molar-refractivity contribution in [1.29, 1.82) is 0 Å². The summed E-state index contributed by atoms with van der Waals surface area (Å²) in [7, 11) is 3.46. The highest BCUT2D eigenvalue weighted by molar-refractivity contribution is 5.43. The highest BCUT2D eigenvalue weighted by Crippen LogP contribution is 2.28. The quantitative estimate of drug-likeness (QED) is 0.447. The number of rotatable bonds is 12. The molecule has 27 heavy (non-hydrogen) atoms. The number of nitrogens with one attached hydrogen (secondary N) is 1. The maximum Gasteiger partial charge on any atom is 0.161 e. The third-order valence-electron chi connectivity index (χ3n) is 4.91. The van der Waals surface area contributed by atoms with Gasteiger partial charge in [-0.1, -0.05) is 11.6 Å². The van der Waals surface area contributed by atoms with Crippen LogP contribution in [-0.2, 0) is 11.3 Å². The molecule has 0 radical (unpaired) electrons. The van der Waals surface area contributed by atoms with Crippen molar-refractivity contribution in [3.05, 3.63) is 35.4 Å². The monoisotopic (exact) mass is 376 g/mol. The molecule has 1 atom stereocenters. The summed E-state index contributed by atoms with van der Waals surface area (Å²) in [6, 6.07) is 6.18. The zero-order valence-electron chi connectivity index (χ0n) is 17.4. The molecule has 0 bridgehead atoms. The van der Waals surface area contributed by atoms with E-state index in [-0.39, 0.29) is 0 Å². The number of methoxy groups -OCH3 is 2. The van der Waals surface area contributed by atoms with Crippen LogP contribution < -0.4 is 14.8 Å². The van der Waals surface area contributed by atoms with Crippen LogP contribution in [-0.4, -0.2) is 58.5 Å². The van der Waals surface area contributed by atoms with Crippen molar-refractivity contribution in [3.63, 3.8) is 0 Å². The minimum absolute atomic E-state index is 0.568. The number of benzene rings is 1. The first-order valence-corrected chi connectivity index (χ1v) is 9.97. The van der Waals surface area contributed by atoms with Crippen LogP contribution in [0.4, 0.5) is 0 Å². The molecular weight excluding hydrogens is 340 g/mol. The average Bonchev–Trinajstić information content (AvgIpc) is 3.10. The first kappa shape index (κ1) is 21.7. The molecule has 5 heteroatoms. The minimum atomic E-state index is 0.568. The van der Waals surface area contributed by atoms with E-state index in [0.717, 1.165) is 50.1 Å². The van der Waals surface area contributed by atoms with Crippen LogP contribution in [0.3, 0.4) is 0 Å². The lowest BCUT2D eigenvalue weighted by Crippen LogP contribution is -2.27. The summed E-state index contributed by atoms with van der Waals surface area (Å²) >= 11 is 0. The first-order valence-electron chi connectivity index (χ1n) is 9.97. The van der Waals surface area contributed by atoms with Gasteiger partial charge in [-0.25, -0.2) is 0 Å². The Morgan fingerprint density at radius 1 is 1.26 bits per heavy atom. The smallest absolute Gasteiger partial charge is 0.161 e. The molecule has 1 saturated heterocycles. The number of likely N-dealkylation sites (tertiary alicyclic amines) is 1. The van der Waals surface area contributed by atoms with Crippen LogP contribution >= 0.6 is 0 Å². The molecule has 0 aliphatic carbocycles. The second-order valence-electron chi connectivity index (χ2n) is 7.51. The molecule has 1 aliphatic rings. The fourth-order valence-electron chi connectivity index (χ4n) is 3.38. The Kier molecular flexibility index (Phi) is 9.67. The lowest BCUT2D eigenvalue weighted by atomic mass is 10.1. The van der Waals surface area contributed by atoms with Gasteiger partial charge in [0.05, 0.1) is 7.11 Å². The maximum absolute atomic E-state index is 5.80. The summed E-state index contributed by atoms with van der Waals surface area (Å²) in [5.74, 6) is 2.32. The van der Waals surface area contributed by atoms with Gasteiger partial charge in [0.15, 0.2) is 11.5 Å². The number of allylic oxidation sites excluding steroid dienone is 1. The molecule has 1 N–H and O–H groups in total. The minimum Gasteiger partial charge on any atom is -0.493 e. The van der Waals surface area contributed by atoms with Gasteiger partial charge in [-0.3, -0.25) is 0 Å². The summed E-state index contributed by atoms with van der Waals surface area (Å²) in [5, 5.41) is 3.60. The summed E-state index contributed by atoms with van der Waals surface area (Å²) in [4.78, 5) is 2.55. The number of nitrogens with zero attached hydrogens (tertiary/aromatic N) is 1. The van der Waals surface area contributed by atoms with E-state index >= 15 is 0 Å². The van der Waals surface area contributed by atoms with E-state index in [1.54, 1.807) is 14.2 Å². The highest BCUT2D eigenvalue weighted by atomic mass is 16.5. The van der Waals surface area contributed by atoms with Gasteiger partial charge in [0.2, 0.25) is 0 Å². The Balaban J connectivity index is 1.73. The molecule has 0 aromatic heterocycles. The fraction of sp³-hybridized carbons (Fsp3) is 0.636. The van der Waals surface area contributed by atoms with E-state index in [9.17, 15) is 0 Å². The summed E-state index contributed by atoms with van der Waals surface area (Å²) < 4.78 is 16.4. The van der Waals surface area contributed by atoms with E-state index in [1.807, 2.05) is 6.07 Å². The van der Waals surface area contributed by atoms with E-state index in [4.69, 9.17) is 14.2 Å². The third-order valence-corrected chi connectivity index (χ3v) is 4.91. The lowest BCUT2D eigenvalue weighted by molar-refractivity contribution is 0.178. The predicted octanol–water partition coefficient (Wildman–Crippen LogP) is 3.49. The van der Waals surface area contributed by atoms with Crippen LogP contribution in [0.25, 0.3) is 0 Å². The van der Waals surface area contributed by atoms with E-state index in [1.165, 1.54) is 30.6 Å². The summed E-state index contributed by atoms with van der Waals surface area (Å²) in [5.41, 5.74) is 2.47. The van der Waals surface area contributed by atoms with Gasteiger partial charge in [-0.2, -0.15) is 0 Å². The zero-order chi connectivity index (χ0) is 19.5. The Morgan fingerprint density at radius 3 is 2.85 bits per heavy atom. The maximum atomic E-state index is 5.80. The Labute approximate surface area is 164 Å². The van der Waals surface area contributed by atoms with E-state index in [2.05, 4.69) is 42.3 Å². The zero-order valence-corrected chi connectivity index (χ0v) is 17.4. The van der Waals surface area contributed by atoms with Crippen LogP contribution in [0, 0.1) is 5.92 Å². The van der Waals surface area contributed by atoms with Gasteiger partial charge < -0.3 is 24.4 Å². The normalized spacial score (nSPS) is 17.1. The Morgan fingerprint density at radius 2 is 2.11 bits per heavy atom. The van der Waals surface area contributed by atoms with Crippen molar-refractivity contribution in [2.75, 3.05) is 53.6 Å². The number of hydrogen-bond donors (Lipinski definition) is 1. The number of ether oxygens (including phenoxy) is 3. The van der Waals surface area contributed by atoms with Gasteiger partial charge in [-0.15, -0.1) is 0 Å². The predicted molar refractivity (Wildman–Crippen MR) is 111 cm³/mol. The molecule has 1 fully saturated rings. The van der Waals surface area contributed by atoms with Crippen LogP contribution in [0.5, 0.6) is 11.5 Å². The Bertz CT molecular complexity index is 585. The van der Waals surface area contributed by atoms with Crippen molar-refractivity contribution in [1.82, 2.24) is 10.2 Å². The molecule has 0 saturated carbocycles. The highest BCUT2D eigenvalue weighted by Gasteiger charge is 2.21. The van der Waals surface area contributed by atoms with Crippen molar-refractivity contribution in [2.45, 2.75) is 33.2 Å². The van der Waals surface area contributed by atoms with Gasteiger partial charge in [0, 0.05) is 33.4 Å². The van der Waals surface area contributed by atoms with Crippen molar-refractivity contribution >= 4 is 0 Å². The van der Waals surface area contributed by atoms with Gasteiger partial charge in [0.25, 0.3) is 0 Å². The molecule has 1 heterocycles. The van der Waals surface area contributed by atoms with Gasteiger partial charge >= 0.3 is 0 Å². The van der Waals surface area contributed by atoms with E-state index in [0.29, 0.717) is 6.61 Å². The second kappa shape index (κ2) is 12.0. The molecule has 5 nitrogen and oxygen atoms in total. The Hall–Kier alpha value is -1.56. The summed E-state index contributed by atoms with van der Waals surface area (Å²) in [6.07, 6.45) is 4.47. The largest absolute Gasteiger partial charge is 0.493 e. The molecule has 152 valence electrons. The average molecular weight is 377 g/mol.